The first-order valence-corrected chi connectivity index (χ1v) is 6.83. The van der Waals surface area contributed by atoms with Gasteiger partial charge in [0.15, 0.2) is 5.75 Å². The molecule has 1 fully saturated rings. The van der Waals surface area contributed by atoms with Gasteiger partial charge in [0.1, 0.15) is 5.82 Å². The van der Waals surface area contributed by atoms with Gasteiger partial charge in [-0.3, -0.25) is 4.40 Å². The van der Waals surface area contributed by atoms with Crippen LogP contribution in [0.4, 0.5) is 0 Å². The van der Waals surface area contributed by atoms with Crippen molar-refractivity contribution in [2.75, 3.05) is 27.2 Å². The third-order valence-electron chi connectivity index (χ3n) is 3.88. The summed E-state index contributed by atoms with van der Waals surface area (Å²) < 4.78 is 7.37. The van der Waals surface area contributed by atoms with Crippen LogP contribution in [0.3, 0.4) is 0 Å². The number of ether oxygens (including phenoxy) is 1. The Morgan fingerprint density at radius 1 is 1.42 bits per heavy atom. The number of pyridine rings is 1. The first kappa shape index (κ1) is 12.4. The SMILES string of the molecule is COc1cccn2c(CC3CCCN(C)C3)nnc12. The highest BCUT2D eigenvalue weighted by atomic mass is 16.5. The quantitative estimate of drug-likeness (QED) is 0.841. The van der Waals surface area contributed by atoms with Gasteiger partial charge in [-0.1, -0.05) is 0 Å². The molecule has 102 valence electrons. The summed E-state index contributed by atoms with van der Waals surface area (Å²) in [5, 5.41) is 8.59. The van der Waals surface area contributed by atoms with Gasteiger partial charge in [0.05, 0.1) is 7.11 Å². The predicted octanol–water partition coefficient (Wildman–Crippen LogP) is 1.62. The minimum Gasteiger partial charge on any atom is -0.493 e. The summed E-state index contributed by atoms with van der Waals surface area (Å²) in [6, 6.07) is 3.90. The molecule has 0 spiro atoms. The molecule has 0 amide bonds. The maximum Gasteiger partial charge on any atom is 0.203 e. The lowest BCUT2D eigenvalue weighted by Crippen LogP contribution is -2.33. The molecule has 5 heteroatoms. The van der Waals surface area contributed by atoms with Crippen molar-refractivity contribution < 1.29 is 4.74 Å². The topological polar surface area (TPSA) is 42.7 Å². The second-order valence-electron chi connectivity index (χ2n) is 5.36. The second kappa shape index (κ2) is 5.17. The Morgan fingerprint density at radius 3 is 3.11 bits per heavy atom. The maximum absolute atomic E-state index is 5.32. The third kappa shape index (κ3) is 2.42. The van der Waals surface area contributed by atoms with E-state index in [2.05, 4.69) is 22.1 Å². The fourth-order valence-electron chi connectivity index (χ4n) is 2.94. The van der Waals surface area contributed by atoms with E-state index in [1.165, 1.54) is 19.4 Å². The Kier molecular flexibility index (Phi) is 3.38. The number of piperidine rings is 1. The van der Waals surface area contributed by atoms with Gasteiger partial charge < -0.3 is 9.64 Å². The Labute approximate surface area is 113 Å². The Bertz CT molecular complexity index is 566. The summed E-state index contributed by atoms with van der Waals surface area (Å²) in [6.07, 6.45) is 5.56. The van der Waals surface area contributed by atoms with Crippen LogP contribution in [-0.4, -0.2) is 46.7 Å². The van der Waals surface area contributed by atoms with Crippen molar-refractivity contribution in [2.24, 2.45) is 5.92 Å². The molecule has 0 aromatic carbocycles. The molecule has 1 aliphatic heterocycles. The largest absolute Gasteiger partial charge is 0.493 e. The number of methoxy groups -OCH3 is 1. The molecule has 0 saturated carbocycles. The number of fused-ring (bicyclic) bond motifs is 1. The average molecular weight is 260 g/mol. The maximum atomic E-state index is 5.32. The molecule has 2 aromatic rings. The Morgan fingerprint density at radius 2 is 2.32 bits per heavy atom. The summed E-state index contributed by atoms with van der Waals surface area (Å²) in [7, 11) is 3.86. The van der Waals surface area contributed by atoms with Gasteiger partial charge in [0.2, 0.25) is 5.65 Å². The molecule has 5 nitrogen and oxygen atoms in total. The van der Waals surface area contributed by atoms with Gasteiger partial charge in [-0.25, -0.2) is 0 Å². The lowest BCUT2D eigenvalue weighted by molar-refractivity contribution is 0.207. The van der Waals surface area contributed by atoms with E-state index < -0.39 is 0 Å². The Balaban J connectivity index is 1.85. The molecule has 0 aliphatic carbocycles. The molecule has 1 aliphatic rings. The van der Waals surface area contributed by atoms with Crippen LogP contribution in [0, 0.1) is 5.92 Å². The number of hydrogen-bond acceptors (Lipinski definition) is 4. The summed E-state index contributed by atoms with van der Waals surface area (Å²) >= 11 is 0. The van der Waals surface area contributed by atoms with Crippen molar-refractivity contribution in [3.05, 3.63) is 24.2 Å². The number of rotatable bonds is 3. The molecule has 0 radical (unpaired) electrons. The molecule has 3 heterocycles. The molecule has 1 atom stereocenters. The lowest BCUT2D eigenvalue weighted by Gasteiger charge is -2.29. The van der Waals surface area contributed by atoms with Crippen LogP contribution in [0.5, 0.6) is 5.75 Å². The van der Waals surface area contributed by atoms with E-state index in [0.717, 1.165) is 30.2 Å². The standard InChI is InChI=1S/C14H20N4O/c1-17-7-3-5-11(10-17)9-13-15-16-14-12(19-2)6-4-8-18(13)14/h4,6,8,11H,3,5,7,9-10H2,1-2H3. The summed E-state index contributed by atoms with van der Waals surface area (Å²) in [5.41, 5.74) is 0.809. The van der Waals surface area contributed by atoms with Crippen LogP contribution in [0.25, 0.3) is 5.65 Å². The monoisotopic (exact) mass is 260 g/mol. The van der Waals surface area contributed by atoms with Crippen LogP contribution in [0.1, 0.15) is 18.7 Å². The third-order valence-corrected chi connectivity index (χ3v) is 3.88. The van der Waals surface area contributed by atoms with Gasteiger partial charge in [0, 0.05) is 19.2 Å². The van der Waals surface area contributed by atoms with Crippen LogP contribution in [-0.2, 0) is 6.42 Å². The van der Waals surface area contributed by atoms with Crippen LogP contribution in [0.15, 0.2) is 18.3 Å². The minimum atomic E-state index is 0.678. The van der Waals surface area contributed by atoms with Crippen molar-refractivity contribution >= 4 is 5.65 Å². The summed E-state index contributed by atoms with van der Waals surface area (Å²) in [5.74, 6) is 2.49. The van der Waals surface area contributed by atoms with E-state index in [-0.39, 0.29) is 0 Å². The van der Waals surface area contributed by atoms with E-state index in [9.17, 15) is 0 Å². The predicted molar refractivity (Wildman–Crippen MR) is 73.5 cm³/mol. The lowest BCUT2D eigenvalue weighted by atomic mass is 9.95. The molecule has 2 aromatic heterocycles. The number of nitrogens with zero attached hydrogens (tertiary/aromatic N) is 4. The fraction of sp³-hybridized carbons (Fsp3) is 0.571. The molecular formula is C14H20N4O. The van der Waals surface area contributed by atoms with E-state index in [4.69, 9.17) is 4.74 Å². The highest BCUT2D eigenvalue weighted by Gasteiger charge is 2.20. The van der Waals surface area contributed by atoms with Gasteiger partial charge in [-0.15, -0.1) is 10.2 Å². The van der Waals surface area contributed by atoms with Crippen LogP contribution >= 0.6 is 0 Å². The van der Waals surface area contributed by atoms with Gasteiger partial charge >= 0.3 is 0 Å². The summed E-state index contributed by atoms with van der Waals surface area (Å²) in [6.45, 7) is 2.36. The highest BCUT2D eigenvalue weighted by molar-refractivity contribution is 5.53. The fourth-order valence-corrected chi connectivity index (χ4v) is 2.94. The van der Waals surface area contributed by atoms with Crippen molar-refractivity contribution in [1.82, 2.24) is 19.5 Å². The second-order valence-corrected chi connectivity index (χ2v) is 5.36. The normalized spacial score (nSPS) is 20.8. The first-order valence-electron chi connectivity index (χ1n) is 6.83. The number of likely N-dealkylation sites (tertiary alicyclic amines) is 1. The van der Waals surface area contributed by atoms with Crippen LogP contribution in [0.2, 0.25) is 0 Å². The van der Waals surface area contributed by atoms with E-state index in [1.54, 1.807) is 7.11 Å². The molecule has 1 unspecified atom stereocenters. The first-order chi connectivity index (χ1) is 9.28. The molecule has 0 N–H and O–H groups in total. The van der Waals surface area contributed by atoms with Crippen molar-refractivity contribution in [2.45, 2.75) is 19.3 Å². The zero-order valence-electron chi connectivity index (χ0n) is 11.5. The smallest absolute Gasteiger partial charge is 0.203 e. The van der Waals surface area contributed by atoms with E-state index >= 15 is 0 Å². The van der Waals surface area contributed by atoms with Gasteiger partial charge in [-0.05, 0) is 44.5 Å². The molecular weight excluding hydrogens is 240 g/mol. The van der Waals surface area contributed by atoms with Crippen molar-refractivity contribution in [1.29, 1.82) is 0 Å². The zero-order chi connectivity index (χ0) is 13.2. The Hall–Kier alpha value is -1.62. The highest BCUT2D eigenvalue weighted by Crippen LogP contribution is 2.22. The average Bonchev–Trinajstić information content (AvgIpc) is 2.82. The molecule has 1 saturated heterocycles. The molecule has 0 bridgehead atoms. The number of hydrogen-bond donors (Lipinski definition) is 0. The number of aromatic nitrogens is 3. The van der Waals surface area contributed by atoms with E-state index in [1.807, 2.05) is 22.7 Å². The van der Waals surface area contributed by atoms with Gasteiger partial charge in [-0.2, -0.15) is 0 Å². The minimum absolute atomic E-state index is 0.678. The molecule has 3 rings (SSSR count). The van der Waals surface area contributed by atoms with Crippen LogP contribution < -0.4 is 4.74 Å². The molecule has 19 heavy (non-hydrogen) atoms. The van der Waals surface area contributed by atoms with E-state index in [0.29, 0.717) is 5.92 Å². The van der Waals surface area contributed by atoms with Crippen molar-refractivity contribution in [3.8, 4) is 5.75 Å². The van der Waals surface area contributed by atoms with Crippen molar-refractivity contribution in [3.63, 3.8) is 0 Å². The zero-order valence-corrected chi connectivity index (χ0v) is 11.5. The summed E-state index contributed by atoms with van der Waals surface area (Å²) in [4.78, 5) is 2.40. The van der Waals surface area contributed by atoms with Gasteiger partial charge in [0.25, 0.3) is 0 Å².